The predicted octanol–water partition coefficient (Wildman–Crippen LogP) is 4.07. The van der Waals surface area contributed by atoms with Gasteiger partial charge in [-0.05, 0) is 39.9 Å². The maximum Gasteiger partial charge on any atom is 0.0854 e. The second kappa shape index (κ2) is 7.26. The molecule has 0 amide bonds. The molecule has 4 heteroatoms. The first-order valence-corrected chi connectivity index (χ1v) is 9.59. The van der Waals surface area contributed by atoms with Crippen LogP contribution in [0.1, 0.15) is 35.6 Å². The van der Waals surface area contributed by atoms with E-state index in [0.717, 1.165) is 12.0 Å². The van der Waals surface area contributed by atoms with Crippen LogP contribution < -0.4 is 0 Å². The Bertz CT molecular complexity index is 857. The molecule has 0 spiro atoms. The number of thiophene rings is 1. The van der Waals surface area contributed by atoms with Gasteiger partial charge >= 0.3 is 0 Å². The van der Waals surface area contributed by atoms with E-state index in [9.17, 15) is 10.2 Å². The van der Waals surface area contributed by atoms with Gasteiger partial charge in [0.05, 0.1) is 24.9 Å². The molecule has 1 aliphatic rings. The van der Waals surface area contributed by atoms with E-state index in [0.29, 0.717) is 12.8 Å². The van der Waals surface area contributed by atoms with E-state index < -0.39 is 6.10 Å². The maximum atomic E-state index is 10.0. The average Bonchev–Trinajstić information content (AvgIpc) is 3.04. The summed E-state index contributed by atoms with van der Waals surface area (Å²) in [7, 11) is 0. The number of benzene rings is 2. The Kier molecular flexibility index (Phi) is 4.86. The van der Waals surface area contributed by atoms with Crippen molar-refractivity contribution in [3.63, 3.8) is 0 Å². The topological polar surface area (TPSA) is 49.7 Å². The lowest BCUT2D eigenvalue weighted by atomic mass is 9.94. The summed E-state index contributed by atoms with van der Waals surface area (Å²) in [5.74, 6) is 0. The zero-order valence-corrected chi connectivity index (χ0v) is 14.8. The van der Waals surface area contributed by atoms with Crippen LogP contribution in [0.3, 0.4) is 0 Å². The fraction of sp³-hybridized carbons (Fsp3) is 0.333. The van der Waals surface area contributed by atoms with Crippen LogP contribution in [0.25, 0.3) is 10.1 Å². The molecule has 130 valence electrons. The van der Waals surface area contributed by atoms with Crippen LogP contribution in [0, 0.1) is 0 Å². The van der Waals surface area contributed by atoms with Crippen LogP contribution in [0.15, 0.2) is 53.9 Å². The van der Waals surface area contributed by atoms with E-state index in [2.05, 4.69) is 47.8 Å². The van der Waals surface area contributed by atoms with Crippen molar-refractivity contribution in [3.8, 4) is 0 Å². The molecule has 0 aliphatic carbocycles. The Morgan fingerprint density at radius 2 is 1.96 bits per heavy atom. The Balaban J connectivity index is 1.57. The maximum absolute atomic E-state index is 10.0. The zero-order chi connectivity index (χ0) is 17.2. The molecule has 1 fully saturated rings. The highest BCUT2D eigenvalue weighted by Crippen LogP contribution is 2.33. The SMILES string of the molecule is OCC1C[C@H](O)CC(c2cccc(Cc3csc4ccccc34)c2)O1. The normalized spacial score (nSPS) is 23.8. The molecule has 2 heterocycles. The molecule has 25 heavy (non-hydrogen) atoms. The molecule has 1 aromatic heterocycles. The Hall–Kier alpha value is -1.72. The number of rotatable bonds is 4. The number of aliphatic hydroxyl groups excluding tert-OH is 2. The summed E-state index contributed by atoms with van der Waals surface area (Å²) in [5.41, 5.74) is 3.66. The standard InChI is InChI=1S/C21H22O3S/c22-12-18-10-17(23)11-20(24-18)15-5-3-4-14(8-15)9-16-13-25-21-7-2-1-6-19(16)21/h1-8,13,17-18,20,22-23H,9-12H2/t17-,18?,20?/m0/s1. The van der Waals surface area contributed by atoms with Gasteiger partial charge in [-0.1, -0.05) is 42.5 Å². The summed E-state index contributed by atoms with van der Waals surface area (Å²) >= 11 is 1.78. The van der Waals surface area contributed by atoms with Gasteiger partial charge in [0.15, 0.2) is 0 Å². The lowest BCUT2D eigenvalue weighted by molar-refractivity contribution is -0.113. The molecule has 3 nitrogen and oxygen atoms in total. The highest BCUT2D eigenvalue weighted by molar-refractivity contribution is 7.17. The molecule has 4 rings (SSSR count). The van der Waals surface area contributed by atoms with Gasteiger partial charge < -0.3 is 14.9 Å². The van der Waals surface area contributed by atoms with Crippen LogP contribution in [-0.4, -0.2) is 29.0 Å². The van der Waals surface area contributed by atoms with Gasteiger partial charge in [-0.3, -0.25) is 0 Å². The van der Waals surface area contributed by atoms with E-state index in [1.54, 1.807) is 11.3 Å². The molecule has 1 saturated heterocycles. The summed E-state index contributed by atoms with van der Waals surface area (Å²) in [6.45, 7) is -0.0475. The number of aliphatic hydroxyl groups is 2. The third-order valence-electron chi connectivity index (χ3n) is 4.86. The summed E-state index contributed by atoms with van der Waals surface area (Å²) < 4.78 is 7.26. The van der Waals surface area contributed by atoms with Gasteiger partial charge in [-0.2, -0.15) is 0 Å². The molecular formula is C21H22O3S. The molecular weight excluding hydrogens is 332 g/mol. The molecule has 0 saturated carbocycles. The monoisotopic (exact) mass is 354 g/mol. The van der Waals surface area contributed by atoms with Crippen LogP contribution in [-0.2, 0) is 11.2 Å². The minimum atomic E-state index is -0.416. The number of hydrogen-bond acceptors (Lipinski definition) is 4. The number of hydrogen-bond donors (Lipinski definition) is 2. The van der Waals surface area contributed by atoms with Crippen molar-refractivity contribution >= 4 is 21.4 Å². The van der Waals surface area contributed by atoms with E-state index >= 15 is 0 Å². The van der Waals surface area contributed by atoms with E-state index in [4.69, 9.17) is 4.74 Å². The molecule has 0 bridgehead atoms. The van der Waals surface area contributed by atoms with Gasteiger partial charge in [0.1, 0.15) is 0 Å². The molecule has 3 atom stereocenters. The van der Waals surface area contributed by atoms with Crippen LogP contribution in [0.2, 0.25) is 0 Å². The van der Waals surface area contributed by atoms with Gasteiger partial charge in [-0.25, -0.2) is 0 Å². The summed E-state index contributed by atoms with van der Waals surface area (Å²) in [5, 5.41) is 23.0. The quantitative estimate of drug-likeness (QED) is 0.743. The second-order valence-electron chi connectivity index (χ2n) is 6.73. The third-order valence-corrected chi connectivity index (χ3v) is 5.87. The lowest BCUT2D eigenvalue weighted by Gasteiger charge is -2.32. The summed E-state index contributed by atoms with van der Waals surface area (Å²) in [6.07, 6.45) is 1.13. The largest absolute Gasteiger partial charge is 0.394 e. The van der Waals surface area contributed by atoms with Gasteiger partial charge in [-0.15, -0.1) is 11.3 Å². The van der Waals surface area contributed by atoms with Crippen molar-refractivity contribution in [3.05, 3.63) is 70.6 Å². The van der Waals surface area contributed by atoms with Gasteiger partial charge in [0.25, 0.3) is 0 Å². The highest BCUT2D eigenvalue weighted by Gasteiger charge is 2.29. The first-order chi connectivity index (χ1) is 12.2. The van der Waals surface area contributed by atoms with Crippen LogP contribution in [0.4, 0.5) is 0 Å². The Morgan fingerprint density at radius 1 is 1.08 bits per heavy atom. The highest BCUT2D eigenvalue weighted by atomic mass is 32.1. The summed E-state index contributed by atoms with van der Waals surface area (Å²) in [4.78, 5) is 0. The van der Waals surface area contributed by atoms with Crippen LogP contribution in [0.5, 0.6) is 0 Å². The van der Waals surface area contributed by atoms with E-state index in [1.807, 2.05) is 6.07 Å². The average molecular weight is 354 g/mol. The van der Waals surface area contributed by atoms with Crippen molar-refractivity contribution in [1.29, 1.82) is 0 Å². The number of fused-ring (bicyclic) bond motifs is 1. The molecule has 3 aromatic rings. The van der Waals surface area contributed by atoms with Gasteiger partial charge in [0, 0.05) is 17.5 Å². The molecule has 1 aliphatic heterocycles. The first kappa shape index (κ1) is 16.7. The van der Waals surface area contributed by atoms with Crippen molar-refractivity contribution in [2.45, 2.75) is 37.6 Å². The molecule has 0 radical (unpaired) electrons. The predicted molar refractivity (Wildman–Crippen MR) is 101 cm³/mol. The second-order valence-corrected chi connectivity index (χ2v) is 7.64. The van der Waals surface area contributed by atoms with E-state index in [1.165, 1.54) is 21.2 Å². The Morgan fingerprint density at radius 3 is 2.84 bits per heavy atom. The minimum Gasteiger partial charge on any atom is -0.394 e. The minimum absolute atomic E-state index is 0.0475. The third kappa shape index (κ3) is 3.62. The van der Waals surface area contributed by atoms with E-state index in [-0.39, 0.29) is 18.8 Å². The zero-order valence-electron chi connectivity index (χ0n) is 14.0. The van der Waals surface area contributed by atoms with Crippen LogP contribution >= 0.6 is 11.3 Å². The fourth-order valence-electron chi connectivity index (χ4n) is 3.62. The number of ether oxygens (including phenoxy) is 1. The van der Waals surface area contributed by atoms with Crippen molar-refractivity contribution in [2.75, 3.05) is 6.61 Å². The van der Waals surface area contributed by atoms with Crippen molar-refractivity contribution in [2.24, 2.45) is 0 Å². The van der Waals surface area contributed by atoms with Crippen molar-refractivity contribution in [1.82, 2.24) is 0 Å². The smallest absolute Gasteiger partial charge is 0.0854 e. The molecule has 2 unspecified atom stereocenters. The molecule has 2 aromatic carbocycles. The lowest BCUT2D eigenvalue weighted by Crippen LogP contribution is -2.33. The summed E-state index contributed by atoms with van der Waals surface area (Å²) in [6, 6.07) is 16.9. The van der Waals surface area contributed by atoms with Crippen molar-refractivity contribution < 1.29 is 14.9 Å². The Labute approximate surface area is 151 Å². The molecule has 2 N–H and O–H groups in total. The fourth-order valence-corrected chi connectivity index (χ4v) is 4.58. The first-order valence-electron chi connectivity index (χ1n) is 8.71. The van der Waals surface area contributed by atoms with Gasteiger partial charge in [0.2, 0.25) is 0 Å².